The largest absolute Gasteiger partial charge is 0.444 e. The molecule has 3 aromatic rings. The van der Waals surface area contributed by atoms with Crippen molar-refractivity contribution in [3.05, 3.63) is 90.0 Å². The number of aromatic nitrogens is 2. The zero-order valence-corrected chi connectivity index (χ0v) is 13.5. The number of benzene rings is 2. The SMILES string of the molecule is O=C(Nc1cnc(/C=C/c2ccccc2)nc1)OCc1ccccc1. The Morgan fingerprint density at radius 1 is 0.920 bits per heavy atom. The minimum Gasteiger partial charge on any atom is -0.444 e. The maximum atomic E-state index is 11.8. The van der Waals surface area contributed by atoms with E-state index in [1.807, 2.05) is 72.8 Å². The van der Waals surface area contributed by atoms with Crippen LogP contribution in [0, 0.1) is 0 Å². The Bertz CT molecular complexity index is 832. The van der Waals surface area contributed by atoms with Crippen molar-refractivity contribution in [2.75, 3.05) is 5.32 Å². The number of hydrogen-bond donors (Lipinski definition) is 1. The summed E-state index contributed by atoms with van der Waals surface area (Å²) < 4.78 is 5.15. The minimum atomic E-state index is -0.542. The van der Waals surface area contributed by atoms with Gasteiger partial charge in [-0.1, -0.05) is 66.7 Å². The van der Waals surface area contributed by atoms with Gasteiger partial charge in [-0.15, -0.1) is 0 Å². The van der Waals surface area contributed by atoms with Crippen molar-refractivity contribution in [2.45, 2.75) is 6.61 Å². The van der Waals surface area contributed by atoms with Gasteiger partial charge in [0.05, 0.1) is 18.1 Å². The lowest BCUT2D eigenvalue weighted by molar-refractivity contribution is 0.155. The van der Waals surface area contributed by atoms with E-state index >= 15 is 0 Å². The lowest BCUT2D eigenvalue weighted by Crippen LogP contribution is -2.14. The highest BCUT2D eigenvalue weighted by atomic mass is 16.5. The average Bonchev–Trinajstić information content (AvgIpc) is 2.67. The average molecular weight is 331 g/mol. The van der Waals surface area contributed by atoms with Crippen molar-refractivity contribution in [3.8, 4) is 0 Å². The molecular formula is C20H17N3O2. The summed E-state index contributed by atoms with van der Waals surface area (Å²) in [6.07, 6.45) is 6.28. The van der Waals surface area contributed by atoms with Gasteiger partial charge in [0.1, 0.15) is 6.61 Å². The molecular weight excluding hydrogens is 314 g/mol. The molecule has 0 radical (unpaired) electrons. The minimum absolute atomic E-state index is 0.214. The molecule has 0 aliphatic heterocycles. The van der Waals surface area contributed by atoms with Crippen LogP contribution in [0.1, 0.15) is 17.0 Å². The monoisotopic (exact) mass is 331 g/mol. The van der Waals surface area contributed by atoms with Crippen molar-refractivity contribution < 1.29 is 9.53 Å². The molecule has 0 atom stereocenters. The zero-order chi connectivity index (χ0) is 17.3. The zero-order valence-electron chi connectivity index (χ0n) is 13.5. The van der Waals surface area contributed by atoms with Gasteiger partial charge in [0.2, 0.25) is 0 Å². The molecule has 0 bridgehead atoms. The molecule has 1 amide bonds. The maximum absolute atomic E-state index is 11.8. The molecule has 0 aliphatic rings. The molecule has 0 saturated heterocycles. The van der Waals surface area contributed by atoms with E-state index in [0.29, 0.717) is 11.5 Å². The van der Waals surface area contributed by atoms with Gasteiger partial charge in [0, 0.05) is 0 Å². The fourth-order valence-corrected chi connectivity index (χ4v) is 2.10. The third-order valence-corrected chi connectivity index (χ3v) is 3.36. The number of ether oxygens (including phenoxy) is 1. The van der Waals surface area contributed by atoms with E-state index in [0.717, 1.165) is 11.1 Å². The van der Waals surface area contributed by atoms with E-state index < -0.39 is 6.09 Å². The first kappa shape index (κ1) is 16.4. The van der Waals surface area contributed by atoms with Crippen LogP contribution >= 0.6 is 0 Å². The quantitative estimate of drug-likeness (QED) is 0.753. The van der Waals surface area contributed by atoms with Crippen molar-refractivity contribution in [2.24, 2.45) is 0 Å². The van der Waals surface area contributed by atoms with E-state index in [4.69, 9.17) is 4.74 Å². The van der Waals surface area contributed by atoms with Crippen LogP contribution in [-0.4, -0.2) is 16.1 Å². The fourth-order valence-electron chi connectivity index (χ4n) is 2.10. The predicted molar refractivity (Wildman–Crippen MR) is 97.7 cm³/mol. The van der Waals surface area contributed by atoms with E-state index in [1.54, 1.807) is 12.4 Å². The Hall–Kier alpha value is -3.47. The van der Waals surface area contributed by atoms with Gasteiger partial charge >= 0.3 is 6.09 Å². The molecule has 5 nitrogen and oxygen atoms in total. The predicted octanol–water partition coefficient (Wildman–Crippen LogP) is 4.40. The second-order valence-corrected chi connectivity index (χ2v) is 5.26. The topological polar surface area (TPSA) is 64.1 Å². The molecule has 0 saturated carbocycles. The van der Waals surface area contributed by atoms with Crippen LogP contribution in [0.3, 0.4) is 0 Å². The van der Waals surface area contributed by atoms with Crippen LogP contribution in [0.5, 0.6) is 0 Å². The Kier molecular flexibility index (Phi) is 5.51. The number of amides is 1. The molecule has 25 heavy (non-hydrogen) atoms. The van der Waals surface area contributed by atoms with Crippen LogP contribution in [0.25, 0.3) is 12.2 Å². The number of carbonyl (C=O) groups is 1. The standard InChI is InChI=1S/C20H17N3O2/c24-20(25-15-17-9-5-2-6-10-17)23-18-13-21-19(22-14-18)12-11-16-7-3-1-4-8-16/h1-14H,15H2,(H,23,24)/b12-11+. The highest BCUT2D eigenvalue weighted by molar-refractivity contribution is 5.84. The molecule has 3 rings (SSSR count). The molecule has 0 aliphatic carbocycles. The lowest BCUT2D eigenvalue weighted by Gasteiger charge is -2.06. The van der Waals surface area contributed by atoms with Crippen LogP contribution in [0.4, 0.5) is 10.5 Å². The van der Waals surface area contributed by atoms with Crippen LogP contribution in [0.15, 0.2) is 73.1 Å². The van der Waals surface area contributed by atoms with Crippen molar-refractivity contribution in [3.63, 3.8) is 0 Å². The summed E-state index contributed by atoms with van der Waals surface area (Å²) in [6, 6.07) is 19.4. The lowest BCUT2D eigenvalue weighted by atomic mass is 10.2. The third kappa shape index (κ3) is 5.28. The molecule has 0 spiro atoms. The summed E-state index contributed by atoms with van der Waals surface area (Å²) in [5, 5.41) is 2.60. The maximum Gasteiger partial charge on any atom is 0.412 e. The molecule has 0 fully saturated rings. The highest BCUT2D eigenvalue weighted by Crippen LogP contribution is 2.08. The van der Waals surface area contributed by atoms with Gasteiger partial charge in [-0.2, -0.15) is 0 Å². The first-order valence-corrected chi connectivity index (χ1v) is 7.82. The highest BCUT2D eigenvalue weighted by Gasteiger charge is 2.04. The molecule has 5 heteroatoms. The molecule has 2 aromatic carbocycles. The van der Waals surface area contributed by atoms with Gasteiger partial charge in [0.25, 0.3) is 0 Å². The van der Waals surface area contributed by atoms with Crippen molar-refractivity contribution in [1.29, 1.82) is 0 Å². The van der Waals surface area contributed by atoms with Crippen molar-refractivity contribution >= 4 is 23.9 Å². The van der Waals surface area contributed by atoms with E-state index in [9.17, 15) is 4.79 Å². The molecule has 0 unspecified atom stereocenters. The Balaban J connectivity index is 1.52. The normalized spacial score (nSPS) is 10.6. The van der Waals surface area contributed by atoms with Gasteiger partial charge in [-0.25, -0.2) is 14.8 Å². The Labute approximate surface area is 146 Å². The fraction of sp³-hybridized carbons (Fsp3) is 0.0500. The van der Waals surface area contributed by atoms with Gasteiger partial charge in [-0.05, 0) is 17.2 Å². The third-order valence-electron chi connectivity index (χ3n) is 3.36. The number of nitrogens with zero attached hydrogens (tertiary/aromatic N) is 2. The van der Waals surface area contributed by atoms with Crippen LogP contribution < -0.4 is 5.32 Å². The number of rotatable bonds is 5. The first-order valence-electron chi connectivity index (χ1n) is 7.82. The Morgan fingerprint density at radius 3 is 2.24 bits per heavy atom. The molecule has 124 valence electrons. The van der Waals surface area contributed by atoms with Gasteiger partial charge in [-0.3, -0.25) is 5.32 Å². The van der Waals surface area contributed by atoms with Crippen LogP contribution in [0.2, 0.25) is 0 Å². The molecule has 1 heterocycles. The second-order valence-electron chi connectivity index (χ2n) is 5.26. The van der Waals surface area contributed by atoms with E-state index in [1.165, 1.54) is 0 Å². The summed E-state index contributed by atoms with van der Waals surface area (Å²) in [5.41, 5.74) is 2.48. The van der Waals surface area contributed by atoms with E-state index in [-0.39, 0.29) is 6.61 Å². The Morgan fingerprint density at radius 2 is 1.56 bits per heavy atom. The van der Waals surface area contributed by atoms with E-state index in [2.05, 4.69) is 15.3 Å². The second kappa shape index (κ2) is 8.40. The molecule has 1 aromatic heterocycles. The first-order chi connectivity index (χ1) is 12.3. The number of hydrogen-bond acceptors (Lipinski definition) is 4. The van der Waals surface area contributed by atoms with Gasteiger partial charge in [0.15, 0.2) is 5.82 Å². The number of carbonyl (C=O) groups excluding carboxylic acids is 1. The number of anilines is 1. The summed E-state index contributed by atoms with van der Waals surface area (Å²) in [4.78, 5) is 20.2. The summed E-state index contributed by atoms with van der Waals surface area (Å²) in [6.45, 7) is 0.214. The van der Waals surface area contributed by atoms with Crippen LogP contribution in [-0.2, 0) is 11.3 Å². The smallest absolute Gasteiger partial charge is 0.412 e. The summed E-state index contributed by atoms with van der Waals surface area (Å²) in [7, 11) is 0. The van der Waals surface area contributed by atoms with Gasteiger partial charge < -0.3 is 4.74 Å². The number of nitrogens with one attached hydrogen (secondary N) is 1. The van der Waals surface area contributed by atoms with Crippen molar-refractivity contribution in [1.82, 2.24) is 9.97 Å². The molecule has 1 N–H and O–H groups in total. The summed E-state index contributed by atoms with van der Waals surface area (Å²) in [5.74, 6) is 0.562. The summed E-state index contributed by atoms with van der Waals surface area (Å²) >= 11 is 0.